The van der Waals surface area contributed by atoms with Crippen molar-refractivity contribution in [1.29, 1.82) is 0 Å². The highest BCUT2D eigenvalue weighted by Gasteiger charge is 2.34. The van der Waals surface area contributed by atoms with Crippen LogP contribution in [0.4, 0.5) is 5.69 Å². The molecule has 0 aliphatic carbocycles. The van der Waals surface area contributed by atoms with E-state index in [1.54, 1.807) is 43.5 Å². The number of aryl methyl sites for hydroxylation is 2. The van der Waals surface area contributed by atoms with Crippen LogP contribution in [-0.4, -0.2) is 51.9 Å². The van der Waals surface area contributed by atoms with Crippen molar-refractivity contribution >= 4 is 27.5 Å². The van der Waals surface area contributed by atoms with Gasteiger partial charge in [-0.1, -0.05) is 72.8 Å². The van der Waals surface area contributed by atoms with E-state index in [4.69, 9.17) is 4.74 Å². The highest BCUT2D eigenvalue weighted by atomic mass is 32.2. The summed E-state index contributed by atoms with van der Waals surface area (Å²) in [7, 11) is -1.07. The second kappa shape index (κ2) is 14.0. The van der Waals surface area contributed by atoms with Crippen LogP contribution in [0.1, 0.15) is 22.3 Å². The van der Waals surface area contributed by atoms with Crippen molar-refractivity contribution in [3.05, 3.63) is 125 Å². The van der Waals surface area contributed by atoms with Gasteiger partial charge in [-0.2, -0.15) is 0 Å². The topological polar surface area (TPSA) is 96.0 Å². The molecule has 0 spiro atoms. The minimum atomic E-state index is -4.15. The number of hydrogen-bond acceptors (Lipinski definition) is 5. The Bertz CT molecular complexity index is 1660. The van der Waals surface area contributed by atoms with Crippen LogP contribution in [0.3, 0.4) is 0 Å². The van der Waals surface area contributed by atoms with Gasteiger partial charge >= 0.3 is 0 Å². The molecule has 1 atom stereocenters. The molecule has 1 unspecified atom stereocenters. The number of benzene rings is 4. The molecular weight excluding hydrogens is 562 g/mol. The summed E-state index contributed by atoms with van der Waals surface area (Å²) in [6.45, 7) is 3.24. The number of hydrogen-bond donors (Lipinski definition) is 1. The molecule has 0 fully saturated rings. The maximum Gasteiger partial charge on any atom is 0.264 e. The van der Waals surface area contributed by atoms with E-state index in [2.05, 4.69) is 5.32 Å². The molecule has 224 valence electrons. The SMILES string of the molecule is CNC(=O)C(Cc1ccccc1)N(Cc1cccc(OC)c1)C(=O)CN(c1cc(C)ccc1C)S(=O)(=O)c1ccccc1. The molecule has 0 saturated heterocycles. The molecule has 0 saturated carbocycles. The Hall–Kier alpha value is -4.63. The van der Waals surface area contributed by atoms with Crippen LogP contribution in [0.2, 0.25) is 0 Å². The first-order valence-electron chi connectivity index (χ1n) is 14.0. The number of nitrogens with one attached hydrogen (secondary N) is 1. The summed E-state index contributed by atoms with van der Waals surface area (Å²) in [5.74, 6) is -0.273. The Labute approximate surface area is 254 Å². The van der Waals surface area contributed by atoms with Crippen LogP contribution in [0.25, 0.3) is 0 Å². The van der Waals surface area contributed by atoms with Gasteiger partial charge < -0.3 is 15.0 Å². The average Bonchev–Trinajstić information content (AvgIpc) is 3.03. The normalized spacial score (nSPS) is 11.8. The number of methoxy groups -OCH3 is 1. The molecular formula is C34H37N3O5S. The largest absolute Gasteiger partial charge is 0.497 e. The van der Waals surface area contributed by atoms with E-state index >= 15 is 0 Å². The number of ether oxygens (including phenoxy) is 1. The number of carbonyl (C=O) groups excluding carboxylic acids is 2. The average molecular weight is 600 g/mol. The van der Waals surface area contributed by atoms with Crippen molar-refractivity contribution in [3.63, 3.8) is 0 Å². The minimum absolute atomic E-state index is 0.0625. The van der Waals surface area contributed by atoms with Gasteiger partial charge in [-0.15, -0.1) is 0 Å². The van der Waals surface area contributed by atoms with Gasteiger partial charge in [0.25, 0.3) is 10.0 Å². The van der Waals surface area contributed by atoms with Crippen LogP contribution in [-0.2, 0) is 32.6 Å². The zero-order valence-electron chi connectivity index (χ0n) is 24.9. The molecule has 0 aliphatic heterocycles. The monoisotopic (exact) mass is 599 g/mol. The summed E-state index contributed by atoms with van der Waals surface area (Å²) < 4.78 is 34.8. The Morgan fingerprint density at radius 2 is 1.49 bits per heavy atom. The third-order valence-corrected chi connectivity index (χ3v) is 9.02. The number of rotatable bonds is 12. The third kappa shape index (κ3) is 7.61. The fraction of sp³-hybridized carbons (Fsp3) is 0.235. The summed E-state index contributed by atoms with van der Waals surface area (Å²) in [5, 5.41) is 2.70. The molecule has 0 aliphatic rings. The minimum Gasteiger partial charge on any atom is -0.497 e. The van der Waals surface area contributed by atoms with E-state index < -0.39 is 28.5 Å². The lowest BCUT2D eigenvalue weighted by molar-refractivity contribution is -0.139. The fourth-order valence-electron chi connectivity index (χ4n) is 4.91. The number of carbonyl (C=O) groups is 2. The highest BCUT2D eigenvalue weighted by molar-refractivity contribution is 7.92. The molecule has 43 heavy (non-hydrogen) atoms. The maximum atomic E-state index is 14.4. The molecule has 0 radical (unpaired) electrons. The van der Waals surface area contributed by atoms with Crippen molar-refractivity contribution < 1.29 is 22.7 Å². The van der Waals surface area contributed by atoms with Crippen LogP contribution >= 0.6 is 0 Å². The van der Waals surface area contributed by atoms with Crippen molar-refractivity contribution in [1.82, 2.24) is 10.2 Å². The van der Waals surface area contributed by atoms with Crippen molar-refractivity contribution in [2.24, 2.45) is 0 Å². The molecule has 8 nitrogen and oxygen atoms in total. The molecule has 4 rings (SSSR count). The summed E-state index contributed by atoms with van der Waals surface area (Å²) in [6, 6.07) is 29.3. The first-order chi connectivity index (χ1) is 20.6. The van der Waals surface area contributed by atoms with Gasteiger partial charge in [-0.05, 0) is 66.4 Å². The third-order valence-electron chi connectivity index (χ3n) is 7.25. The second-order valence-electron chi connectivity index (χ2n) is 10.3. The quantitative estimate of drug-likeness (QED) is 0.250. The van der Waals surface area contributed by atoms with Crippen LogP contribution in [0.5, 0.6) is 5.75 Å². The number of amides is 2. The lowest BCUT2D eigenvalue weighted by Gasteiger charge is -2.34. The van der Waals surface area contributed by atoms with Gasteiger partial charge in [-0.3, -0.25) is 13.9 Å². The first-order valence-corrected chi connectivity index (χ1v) is 15.4. The summed E-state index contributed by atoms with van der Waals surface area (Å²) >= 11 is 0. The van der Waals surface area contributed by atoms with E-state index in [1.807, 2.05) is 68.4 Å². The summed E-state index contributed by atoms with van der Waals surface area (Å²) in [5.41, 5.74) is 3.55. The highest BCUT2D eigenvalue weighted by Crippen LogP contribution is 2.29. The molecule has 4 aromatic carbocycles. The second-order valence-corrected chi connectivity index (χ2v) is 12.2. The van der Waals surface area contributed by atoms with Gasteiger partial charge in [0.1, 0.15) is 18.3 Å². The number of likely N-dealkylation sites (N-methyl/N-ethyl adjacent to an activating group) is 1. The van der Waals surface area contributed by atoms with Crippen LogP contribution in [0, 0.1) is 13.8 Å². The number of nitrogens with zero attached hydrogens (tertiary/aromatic N) is 2. The van der Waals surface area contributed by atoms with E-state index in [-0.39, 0.29) is 23.8 Å². The fourth-order valence-corrected chi connectivity index (χ4v) is 6.40. The number of anilines is 1. The predicted octanol–water partition coefficient (Wildman–Crippen LogP) is 4.89. The molecule has 2 amide bonds. The lowest BCUT2D eigenvalue weighted by atomic mass is 10.0. The molecule has 0 bridgehead atoms. The number of sulfonamides is 1. The lowest BCUT2D eigenvalue weighted by Crippen LogP contribution is -2.53. The zero-order valence-corrected chi connectivity index (χ0v) is 25.7. The van der Waals surface area contributed by atoms with E-state index in [1.165, 1.54) is 24.1 Å². The Morgan fingerprint density at radius 1 is 0.837 bits per heavy atom. The Kier molecular flexibility index (Phi) is 10.2. The van der Waals surface area contributed by atoms with Crippen LogP contribution < -0.4 is 14.4 Å². The van der Waals surface area contributed by atoms with E-state index in [0.717, 1.165) is 21.0 Å². The van der Waals surface area contributed by atoms with E-state index in [9.17, 15) is 18.0 Å². The maximum absolute atomic E-state index is 14.4. The van der Waals surface area contributed by atoms with Crippen molar-refractivity contribution in [3.8, 4) is 5.75 Å². The Morgan fingerprint density at radius 3 is 2.14 bits per heavy atom. The van der Waals surface area contributed by atoms with Crippen molar-refractivity contribution in [2.75, 3.05) is 25.0 Å². The zero-order chi connectivity index (χ0) is 31.0. The first kappa shape index (κ1) is 31.3. The molecule has 4 aromatic rings. The summed E-state index contributed by atoms with van der Waals surface area (Å²) in [6.07, 6.45) is 0.241. The van der Waals surface area contributed by atoms with Crippen LogP contribution in [0.15, 0.2) is 108 Å². The molecule has 1 N–H and O–H groups in total. The van der Waals surface area contributed by atoms with Gasteiger partial charge in [0, 0.05) is 20.0 Å². The van der Waals surface area contributed by atoms with Gasteiger partial charge in [0.05, 0.1) is 17.7 Å². The molecule has 0 aromatic heterocycles. The van der Waals surface area contributed by atoms with Gasteiger partial charge in [0.15, 0.2) is 0 Å². The standard InChI is InChI=1S/C34H37N3O5S/c1-25-18-19-26(2)31(20-25)37(43(40,41)30-16-9-6-10-17-30)24-33(38)36(23-28-14-11-15-29(21-28)42-4)32(34(39)35-3)22-27-12-7-5-8-13-27/h5-21,32H,22-24H2,1-4H3,(H,35,39). The predicted molar refractivity (Wildman–Crippen MR) is 168 cm³/mol. The van der Waals surface area contributed by atoms with Gasteiger partial charge in [0.2, 0.25) is 11.8 Å². The summed E-state index contributed by atoms with van der Waals surface area (Å²) in [4.78, 5) is 29.3. The smallest absolute Gasteiger partial charge is 0.264 e. The Balaban J connectivity index is 1.82. The van der Waals surface area contributed by atoms with Crippen molar-refractivity contribution in [2.45, 2.75) is 37.8 Å². The van der Waals surface area contributed by atoms with E-state index in [0.29, 0.717) is 17.0 Å². The van der Waals surface area contributed by atoms with Gasteiger partial charge in [-0.25, -0.2) is 8.42 Å². The molecule has 0 heterocycles. The molecule has 9 heteroatoms.